The summed E-state index contributed by atoms with van der Waals surface area (Å²) < 4.78 is 0. The number of nitrogens with one attached hydrogen (secondary N) is 1. The Labute approximate surface area is 75.9 Å². The standard InChI is InChI=1S/C10H22N2/c1-9(2)5-4-6-10(7-9,8-11)12-3/h12H,4-8,11H2,1-3H3. The van der Waals surface area contributed by atoms with Crippen LogP contribution in [0, 0.1) is 5.41 Å². The van der Waals surface area contributed by atoms with Crippen molar-refractivity contribution in [3.05, 3.63) is 0 Å². The van der Waals surface area contributed by atoms with E-state index in [0.29, 0.717) is 5.41 Å². The molecule has 0 radical (unpaired) electrons. The molecule has 3 N–H and O–H groups in total. The van der Waals surface area contributed by atoms with Gasteiger partial charge in [0.15, 0.2) is 0 Å². The molecule has 1 saturated carbocycles. The predicted octanol–water partition coefficient (Wildman–Crippen LogP) is 1.50. The Kier molecular flexibility index (Phi) is 2.79. The van der Waals surface area contributed by atoms with E-state index in [1.165, 1.54) is 25.7 Å². The minimum Gasteiger partial charge on any atom is -0.329 e. The third kappa shape index (κ3) is 1.99. The van der Waals surface area contributed by atoms with Crippen molar-refractivity contribution in [1.29, 1.82) is 0 Å². The second kappa shape index (κ2) is 3.35. The molecule has 1 rings (SSSR count). The zero-order valence-electron chi connectivity index (χ0n) is 8.61. The third-order valence-electron chi connectivity index (χ3n) is 3.25. The lowest BCUT2D eigenvalue weighted by Crippen LogP contribution is -2.54. The van der Waals surface area contributed by atoms with Gasteiger partial charge in [0, 0.05) is 12.1 Å². The largest absolute Gasteiger partial charge is 0.329 e. The quantitative estimate of drug-likeness (QED) is 0.659. The van der Waals surface area contributed by atoms with E-state index >= 15 is 0 Å². The maximum atomic E-state index is 5.81. The second-order valence-corrected chi connectivity index (χ2v) is 4.93. The highest BCUT2D eigenvalue weighted by molar-refractivity contribution is 4.96. The Morgan fingerprint density at radius 3 is 2.33 bits per heavy atom. The van der Waals surface area contributed by atoms with Gasteiger partial charge in [-0.05, 0) is 31.7 Å². The molecule has 0 aromatic rings. The van der Waals surface area contributed by atoms with Crippen molar-refractivity contribution < 1.29 is 0 Å². The van der Waals surface area contributed by atoms with Gasteiger partial charge in [0.2, 0.25) is 0 Å². The first-order valence-corrected chi connectivity index (χ1v) is 4.93. The summed E-state index contributed by atoms with van der Waals surface area (Å²) in [5.41, 5.74) is 6.50. The van der Waals surface area contributed by atoms with Gasteiger partial charge in [0.05, 0.1) is 0 Å². The zero-order valence-corrected chi connectivity index (χ0v) is 8.61. The fraction of sp³-hybridized carbons (Fsp3) is 1.00. The van der Waals surface area contributed by atoms with Crippen LogP contribution in [-0.4, -0.2) is 19.1 Å². The molecule has 1 aliphatic rings. The van der Waals surface area contributed by atoms with Crippen molar-refractivity contribution in [2.45, 2.75) is 45.1 Å². The molecular weight excluding hydrogens is 148 g/mol. The molecule has 0 aromatic heterocycles. The molecule has 1 unspecified atom stereocenters. The van der Waals surface area contributed by atoms with Gasteiger partial charge in [-0.3, -0.25) is 0 Å². The first-order valence-electron chi connectivity index (χ1n) is 4.93. The maximum absolute atomic E-state index is 5.81. The molecule has 2 heteroatoms. The van der Waals surface area contributed by atoms with Crippen LogP contribution in [0.3, 0.4) is 0 Å². The number of nitrogens with two attached hydrogens (primary N) is 1. The van der Waals surface area contributed by atoms with E-state index in [-0.39, 0.29) is 5.54 Å². The van der Waals surface area contributed by atoms with Gasteiger partial charge in [-0.25, -0.2) is 0 Å². The lowest BCUT2D eigenvalue weighted by molar-refractivity contribution is 0.132. The molecule has 1 fully saturated rings. The molecule has 12 heavy (non-hydrogen) atoms. The highest BCUT2D eigenvalue weighted by atomic mass is 15.0. The molecule has 0 heterocycles. The van der Waals surface area contributed by atoms with Gasteiger partial charge in [0.25, 0.3) is 0 Å². The lowest BCUT2D eigenvalue weighted by atomic mass is 9.68. The highest BCUT2D eigenvalue weighted by Gasteiger charge is 2.37. The third-order valence-corrected chi connectivity index (χ3v) is 3.25. The van der Waals surface area contributed by atoms with Gasteiger partial charge in [-0.15, -0.1) is 0 Å². The molecule has 0 aromatic carbocycles. The predicted molar refractivity (Wildman–Crippen MR) is 53.1 cm³/mol. The normalized spacial score (nSPS) is 35.0. The number of hydrogen-bond donors (Lipinski definition) is 2. The molecule has 0 amide bonds. The van der Waals surface area contributed by atoms with Crippen molar-refractivity contribution in [1.82, 2.24) is 5.32 Å². The minimum absolute atomic E-state index is 0.224. The number of likely N-dealkylation sites (N-methyl/N-ethyl adjacent to an activating group) is 1. The van der Waals surface area contributed by atoms with E-state index in [1.54, 1.807) is 0 Å². The monoisotopic (exact) mass is 170 g/mol. The van der Waals surface area contributed by atoms with Crippen molar-refractivity contribution in [3.8, 4) is 0 Å². The van der Waals surface area contributed by atoms with Gasteiger partial charge in [-0.2, -0.15) is 0 Å². The van der Waals surface area contributed by atoms with E-state index in [9.17, 15) is 0 Å². The second-order valence-electron chi connectivity index (χ2n) is 4.93. The van der Waals surface area contributed by atoms with Crippen LogP contribution in [0.1, 0.15) is 39.5 Å². The fourth-order valence-electron chi connectivity index (χ4n) is 2.49. The molecule has 1 atom stereocenters. The molecule has 1 aliphatic carbocycles. The lowest BCUT2D eigenvalue weighted by Gasteiger charge is -2.44. The van der Waals surface area contributed by atoms with E-state index in [2.05, 4.69) is 19.2 Å². The number of rotatable bonds is 2. The van der Waals surface area contributed by atoms with Crippen molar-refractivity contribution in [2.24, 2.45) is 11.1 Å². The minimum atomic E-state index is 0.224. The molecule has 0 saturated heterocycles. The first-order chi connectivity index (χ1) is 5.54. The van der Waals surface area contributed by atoms with Gasteiger partial charge in [0.1, 0.15) is 0 Å². The average Bonchev–Trinajstić information content (AvgIpc) is 2.02. The Morgan fingerprint density at radius 2 is 2.00 bits per heavy atom. The van der Waals surface area contributed by atoms with Crippen LogP contribution in [0.15, 0.2) is 0 Å². The molecule has 72 valence electrons. The summed E-state index contributed by atoms with van der Waals surface area (Å²) in [6.07, 6.45) is 5.11. The van der Waals surface area contributed by atoms with E-state index in [0.717, 1.165) is 6.54 Å². The van der Waals surface area contributed by atoms with Crippen LogP contribution >= 0.6 is 0 Å². The Morgan fingerprint density at radius 1 is 1.33 bits per heavy atom. The summed E-state index contributed by atoms with van der Waals surface area (Å²) in [5, 5.41) is 3.40. The summed E-state index contributed by atoms with van der Waals surface area (Å²) in [4.78, 5) is 0. The molecule has 0 spiro atoms. The molecule has 0 bridgehead atoms. The van der Waals surface area contributed by atoms with Crippen LogP contribution in [0.5, 0.6) is 0 Å². The summed E-state index contributed by atoms with van der Waals surface area (Å²) in [7, 11) is 2.04. The summed E-state index contributed by atoms with van der Waals surface area (Å²) >= 11 is 0. The van der Waals surface area contributed by atoms with E-state index in [1.807, 2.05) is 7.05 Å². The highest BCUT2D eigenvalue weighted by Crippen LogP contribution is 2.40. The zero-order chi connectivity index (χ0) is 9.24. The molecular formula is C10H22N2. The van der Waals surface area contributed by atoms with Gasteiger partial charge < -0.3 is 11.1 Å². The Bertz CT molecular complexity index is 148. The SMILES string of the molecule is CNC1(CN)CCCC(C)(C)C1. The Hall–Kier alpha value is -0.0800. The van der Waals surface area contributed by atoms with Crippen LogP contribution in [-0.2, 0) is 0 Å². The van der Waals surface area contributed by atoms with E-state index in [4.69, 9.17) is 5.73 Å². The van der Waals surface area contributed by atoms with Crippen LogP contribution < -0.4 is 11.1 Å². The summed E-state index contributed by atoms with van der Waals surface area (Å²) in [6, 6.07) is 0. The van der Waals surface area contributed by atoms with E-state index < -0.39 is 0 Å². The van der Waals surface area contributed by atoms with Crippen LogP contribution in [0.25, 0.3) is 0 Å². The van der Waals surface area contributed by atoms with Crippen LogP contribution in [0.4, 0.5) is 0 Å². The van der Waals surface area contributed by atoms with Gasteiger partial charge in [-0.1, -0.05) is 20.3 Å². The van der Waals surface area contributed by atoms with Gasteiger partial charge >= 0.3 is 0 Å². The smallest absolute Gasteiger partial charge is 0.0306 e. The molecule has 2 nitrogen and oxygen atoms in total. The summed E-state index contributed by atoms with van der Waals surface area (Å²) in [6.45, 7) is 5.45. The topological polar surface area (TPSA) is 38.0 Å². The molecule has 0 aliphatic heterocycles. The average molecular weight is 170 g/mol. The fourth-order valence-corrected chi connectivity index (χ4v) is 2.49. The summed E-state index contributed by atoms with van der Waals surface area (Å²) in [5.74, 6) is 0. The van der Waals surface area contributed by atoms with Crippen molar-refractivity contribution >= 4 is 0 Å². The maximum Gasteiger partial charge on any atom is 0.0306 e. The first kappa shape index (κ1) is 10.0. The number of hydrogen-bond acceptors (Lipinski definition) is 2. The Balaban J connectivity index is 2.65. The van der Waals surface area contributed by atoms with Crippen molar-refractivity contribution in [3.63, 3.8) is 0 Å². The van der Waals surface area contributed by atoms with Crippen LogP contribution in [0.2, 0.25) is 0 Å². The van der Waals surface area contributed by atoms with Crippen molar-refractivity contribution in [2.75, 3.05) is 13.6 Å².